The Hall–Kier alpha value is -2.76. The van der Waals surface area contributed by atoms with E-state index in [0.717, 1.165) is 5.56 Å². The molecule has 3 rings (SSSR count). The Labute approximate surface area is 157 Å². The van der Waals surface area contributed by atoms with Crippen LogP contribution in [0.5, 0.6) is 0 Å². The van der Waals surface area contributed by atoms with Crippen molar-refractivity contribution >= 4 is 11.8 Å². The molecule has 4 nitrogen and oxygen atoms in total. The lowest BCUT2D eigenvalue weighted by molar-refractivity contribution is -0.132. The summed E-state index contributed by atoms with van der Waals surface area (Å²) in [5, 5.41) is 2.89. The Morgan fingerprint density at radius 1 is 1.04 bits per heavy atom. The fourth-order valence-corrected chi connectivity index (χ4v) is 3.37. The van der Waals surface area contributed by atoms with E-state index in [1.165, 1.54) is 36.4 Å². The highest BCUT2D eigenvalue weighted by Crippen LogP contribution is 2.30. The number of amides is 2. The monoisotopic (exact) mass is 372 g/mol. The molecule has 2 aromatic carbocycles. The summed E-state index contributed by atoms with van der Waals surface area (Å²) in [6, 6.07) is 11.4. The van der Waals surface area contributed by atoms with Gasteiger partial charge < -0.3 is 10.2 Å². The largest absolute Gasteiger partial charge is 0.351 e. The van der Waals surface area contributed by atoms with Crippen LogP contribution in [0.4, 0.5) is 8.78 Å². The third kappa shape index (κ3) is 4.51. The third-order valence-corrected chi connectivity index (χ3v) is 4.99. The van der Waals surface area contributed by atoms with Crippen LogP contribution in [0.2, 0.25) is 0 Å². The maximum absolute atomic E-state index is 13.1. The first-order chi connectivity index (χ1) is 12.9. The summed E-state index contributed by atoms with van der Waals surface area (Å²) in [6.07, 6.45) is 1.39. The molecular weight excluding hydrogens is 350 g/mol. The number of benzene rings is 2. The number of nitrogens with zero attached hydrogens (tertiary/aromatic N) is 1. The Balaban J connectivity index is 1.64. The maximum atomic E-state index is 13.1. The smallest absolute Gasteiger partial charge is 0.253 e. The second-order valence-corrected chi connectivity index (χ2v) is 7.21. The summed E-state index contributed by atoms with van der Waals surface area (Å²) in [4.78, 5) is 27.1. The van der Waals surface area contributed by atoms with Crippen LogP contribution in [0.1, 0.15) is 35.7 Å². The molecule has 1 aliphatic heterocycles. The quantitative estimate of drug-likeness (QED) is 0.893. The minimum absolute atomic E-state index is 0.136. The molecule has 1 atom stereocenters. The van der Waals surface area contributed by atoms with Crippen molar-refractivity contribution in [3.05, 3.63) is 71.3 Å². The van der Waals surface area contributed by atoms with Crippen LogP contribution in [0.15, 0.2) is 48.5 Å². The van der Waals surface area contributed by atoms with Gasteiger partial charge in [0.15, 0.2) is 0 Å². The van der Waals surface area contributed by atoms with E-state index >= 15 is 0 Å². The van der Waals surface area contributed by atoms with Gasteiger partial charge in [-0.2, -0.15) is 0 Å². The van der Waals surface area contributed by atoms with E-state index in [-0.39, 0.29) is 17.6 Å². The van der Waals surface area contributed by atoms with Crippen LogP contribution in [-0.2, 0) is 11.3 Å². The minimum atomic E-state index is -0.700. The molecule has 0 spiro atoms. The standard InChI is InChI=1S/C21H22F2N2O2/c1-21(20(27)24-13-15-3-7-17(22)8-4-15)11-2-12-25(14-21)19(26)16-5-9-18(23)10-6-16/h3-10H,2,11-14H2,1H3,(H,24,27). The molecule has 2 amide bonds. The topological polar surface area (TPSA) is 49.4 Å². The fourth-order valence-electron chi connectivity index (χ4n) is 3.37. The number of hydrogen-bond donors (Lipinski definition) is 1. The van der Waals surface area contributed by atoms with Crippen molar-refractivity contribution < 1.29 is 18.4 Å². The van der Waals surface area contributed by atoms with Crippen molar-refractivity contribution in [2.75, 3.05) is 13.1 Å². The Kier molecular flexibility index (Phi) is 5.54. The predicted molar refractivity (Wildman–Crippen MR) is 97.9 cm³/mol. The van der Waals surface area contributed by atoms with E-state index in [1.807, 2.05) is 6.92 Å². The number of carbonyl (C=O) groups is 2. The fraction of sp³-hybridized carbons (Fsp3) is 0.333. The summed E-state index contributed by atoms with van der Waals surface area (Å²) in [7, 11) is 0. The number of piperidine rings is 1. The van der Waals surface area contributed by atoms with Gasteiger partial charge in [0.1, 0.15) is 11.6 Å². The number of halogens is 2. The molecule has 1 N–H and O–H groups in total. The lowest BCUT2D eigenvalue weighted by Crippen LogP contribution is -2.51. The molecule has 0 saturated carbocycles. The first-order valence-electron chi connectivity index (χ1n) is 8.95. The van der Waals surface area contributed by atoms with E-state index in [4.69, 9.17) is 0 Å². The predicted octanol–water partition coefficient (Wildman–Crippen LogP) is 3.52. The van der Waals surface area contributed by atoms with Gasteiger partial charge in [0.25, 0.3) is 5.91 Å². The second-order valence-electron chi connectivity index (χ2n) is 7.21. The maximum Gasteiger partial charge on any atom is 0.253 e. The minimum Gasteiger partial charge on any atom is -0.351 e. The van der Waals surface area contributed by atoms with Crippen LogP contribution in [0, 0.1) is 17.0 Å². The zero-order valence-electron chi connectivity index (χ0n) is 15.2. The van der Waals surface area contributed by atoms with Crippen molar-refractivity contribution in [3.8, 4) is 0 Å². The van der Waals surface area contributed by atoms with Gasteiger partial charge >= 0.3 is 0 Å². The molecule has 1 aliphatic rings. The van der Waals surface area contributed by atoms with E-state index in [0.29, 0.717) is 38.0 Å². The van der Waals surface area contributed by atoms with E-state index in [2.05, 4.69) is 5.32 Å². The highest BCUT2D eigenvalue weighted by Gasteiger charge is 2.39. The van der Waals surface area contributed by atoms with Crippen molar-refractivity contribution in [2.45, 2.75) is 26.3 Å². The lowest BCUT2D eigenvalue weighted by atomic mass is 9.80. The number of nitrogens with one attached hydrogen (secondary N) is 1. The average Bonchev–Trinajstić information content (AvgIpc) is 2.67. The van der Waals surface area contributed by atoms with Crippen LogP contribution < -0.4 is 5.32 Å². The van der Waals surface area contributed by atoms with Gasteiger partial charge in [-0.15, -0.1) is 0 Å². The number of rotatable bonds is 4. The molecule has 2 aromatic rings. The first-order valence-corrected chi connectivity index (χ1v) is 8.95. The summed E-state index contributed by atoms with van der Waals surface area (Å²) in [6.45, 7) is 3.02. The number of carbonyl (C=O) groups excluding carboxylic acids is 2. The molecule has 1 unspecified atom stereocenters. The van der Waals surface area contributed by atoms with Gasteiger partial charge in [0, 0.05) is 25.2 Å². The van der Waals surface area contributed by atoms with Gasteiger partial charge in [-0.1, -0.05) is 12.1 Å². The first kappa shape index (κ1) is 19.0. The number of hydrogen-bond acceptors (Lipinski definition) is 2. The Morgan fingerprint density at radius 2 is 1.63 bits per heavy atom. The summed E-state index contributed by atoms with van der Waals surface area (Å²) in [5.41, 5.74) is 0.518. The summed E-state index contributed by atoms with van der Waals surface area (Å²) in [5.74, 6) is -1.05. The van der Waals surface area contributed by atoms with E-state index in [9.17, 15) is 18.4 Å². The van der Waals surface area contributed by atoms with Gasteiger partial charge in [-0.3, -0.25) is 9.59 Å². The van der Waals surface area contributed by atoms with Crippen LogP contribution >= 0.6 is 0 Å². The van der Waals surface area contributed by atoms with Gasteiger partial charge in [0.2, 0.25) is 5.91 Å². The molecule has 1 saturated heterocycles. The molecule has 0 aliphatic carbocycles. The SMILES string of the molecule is CC1(C(=O)NCc2ccc(F)cc2)CCCN(C(=O)c2ccc(F)cc2)C1. The molecule has 1 heterocycles. The summed E-state index contributed by atoms with van der Waals surface area (Å²) >= 11 is 0. The average molecular weight is 372 g/mol. The molecule has 142 valence electrons. The van der Waals surface area contributed by atoms with Crippen molar-refractivity contribution in [2.24, 2.45) is 5.41 Å². The molecular formula is C21H22F2N2O2. The molecule has 27 heavy (non-hydrogen) atoms. The molecule has 0 bridgehead atoms. The van der Waals surface area contributed by atoms with Gasteiger partial charge in [0.05, 0.1) is 5.41 Å². The molecule has 0 aromatic heterocycles. The number of likely N-dealkylation sites (tertiary alicyclic amines) is 1. The Bertz CT molecular complexity index is 821. The van der Waals surface area contributed by atoms with Gasteiger partial charge in [-0.25, -0.2) is 8.78 Å². The molecule has 0 radical (unpaired) electrons. The normalized spacial score (nSPS) is 19.6. The van der Waals surface area contributed by atoms with Crippen molar-refractivity contribution in [1.82, 2.24) is 10.2 Å². The van der Waals surface area contributed by atoms with Crippen LogP contribution in [-0.4, -0.2) is 29.8 Å². The zero-order chi connectivity index (χ0) is 19.4. The Morgan fingerprint density at radius 3 is 2.26 bits per heavy atom. The lowest BCUT2D eigenvalue weighted by Gasteiger charge is -2.39. The molecule has 1 fully saturated rings. The second kappa shape index (κ2) is 7.86. The van der Waals surface area contributed by atoms with Crippen LogP contribution in [0.3, 0.4) is 0 Å². The third-order valence-electron chi connectivity index (χ3n) is 4.99. The van der Waals surface area contributed by atoms with Gasteiger partial charge in [-0.05, 0) is 61.7 Å². The van der Waals surface area contributed by atoms with Crippen LogP contribution in [0.25, 0.3) is 0 Å². The van der Waals surface area contributed by atoms with Crippen molar-refractivity contribution in [3.63, 3.8) is 0 Å². The molecule has 6 heteroatoms. The highest BCUT2D eigenvalue weighted by atomic mass is 19.1. The van der Waals surface area contributed by atoms with E-state index in [1.54, 1.807) is 17.0 Å². The zero-order valence-corrected chi connectivity index (χ0v) is 15.2. The summed E-state index contributed by atoms with van der Waals surface area (Å²) < 4.78 is 26.0. The van der Waals surface area contributed by atoms with E-state index < -0.39 is 11.2 Å². The van der Waals surface area contributed by atoms with Crippen molar-refractivity contribution in [1.29, 1.82) is 0 Å². The highest BCUT2D eigenvalue weighted by molar-refractivity contribution is 5.95.